The van der Waals surface area contributed by atoms with Crippen molar-refractivity contribution in [1.82, 2.24) is 5.32 Å². The Morgan fingerprint density at radius 2 is 2.33 bits per heavy atom. The lowest BCUT2D eigenvalue weighted by molar-refractivity contribution is 0.0426. The van der Waals surface area contributed by atoms with E-state index < -0.39 is 6.09 Å². The van der Waals surface area contributed by atoms with Gasteiger partial charge in [0.05, 0.1) is 13.2 Å². The maximum absolute atomic E-state index is 10.4. The summed E-state index contributed by atoms with van der Waals surface area (Å²) in [4.78, 5) is 10.4. The van der Waals surface area contributed by atoms with Gasteiger partial charge in [0, 0.05) is 0 Å². The quantitative estimate of drug-likeness (QED) is 0.773. The molecule has 15 heavy (non-hydrogen) atoms. The van der Waals surface area contributed by atoms with Crippen LogP contribution in [-0.4, -0.2) is 24.4 Å². The summed E-state index contributed by atoms with van der Waals surface area (Å²) >= 11 is 0. The number of rotatable bonds is 2. The maximum atomic E-state index is 10.4. The first-order valence-electron chi connectivity index (χ1n) is 4.93. The molecule has 2 rings (SSSR count). The van der Waals surface area contributed by atoms with E-state index in [2.05, 4.69) is 11.4 Å². The lowest BCUT2D eigenvalue weighted by Gasteiger charge is -2.25. The molecular formula is C11H13NO3. The van der Waals surface area contributed by atoms with Gasteiger partial charge in [-0.25, -0.2) is 4.79 Å². The van der Waals surface area contributed by atoms with E-state index in [4.69, 9.17) is 9.84 Å². The molecule has 0 radical (unpaired) electrons. The van der Waals surface area contributed by atoms with Crippen molar-refractivity contribution in [2.24, 2.45) is 0 Å². The summed E-state index contributed by atoms with van der Waals surface area (Å²) in [5.41, 5.74) is 2.35. The van der Waals surface area contributed by atoms with Crippen LogP contribution >= 0.6 is 0 Å². The Hall–Kier alpha value is -1.55. The summed E-state index contributed by atoms with van der Waals surface area (Å²) in [7, 11) is 0. The number of hydrogen-bond donors (Lipinski definition) is 2. The predicted octanol–water partition coefficient (Wildman–Crippen LogP) is 1.57. The van der Waals surface area contributed by atoms with Crippen LogP contribution in [0.15, 0.2) is 24.3 Å². The van der Waals surface area contributed by atoms with Crippen LogP contribution in [0.2, 0.25) is 0 Å². The van der Waals surface area contributed by atoms with Gasteiger partial charge < -0.3 is 15.2 Å². The second kappa shape index (κ2) is 4.31. The van der Waals surface area contributed by atoms with Gasteiger partial charge in [0.2, 0.25) is 0 Å². The summed E-state index contributed by atoms with van der Waals surface area (Å²) in [6, 6.07) is 7.99. The summed E-state index contributed by atoms with van der Waals surface area (Å²) in [6.45, 7) is 0.968. The Labute approximate surface area is 87.9 Å². The molecule has 1 atom stereocenters. The highest BCUT2D eigenvalue weighted by Crippen LogP contribution is 2.25. The Bertz CT molecular complexity index is 365. The Balaban J connectivity index is 2.11. The number of hydrogen-bond acceptors (Lipinski definition) is 2. The number of ether oxygens (including phenoxy) is 1. The SMILES string of the molecule is O=C(O)NCC1OCCc2ccccc21. The van der Waals surface area contributed by atoms with Crippen molar-refractivity contribution in [2.45, 2.75) is 12.5 Å². The fraction of sp³-hybridized carbons (Fsp3) is 0.364. The van der Waals surface area contributed by atoms with Crippen LogP contribution in [-0.2, 0) is 11.2 Å². The maximum Gasteiger partial charge on any atom is 0.404 e. The van der Waals surface area contributed by atoms with Crippen molar-refractivity contribution in [3.63, 3.8) is 0 Å². The minimum absolute atomic E-state index is 0.147. The molecule has 0 spiro atoms. The van der Waals surface area contributed by atoms with E-state index in [0.717, 1.165) is 12.0 Å². The molecular weight excluding hydrogens is 194 g/mol. The lowest BCUT2D eigenvalue weighted by atomic mass is 9.98. The van der Waals surface area contributed by atoms with E-state index in [1.165, 1.54) is 5.56 Å². The molecule has 1 amide bonds. The highest BCUT2D eigenvalue weighted by molar-refractivity contribution is 5.64. The summed E-state index contributed by atoms with van der Waals surface area (Å²) in [5.74, 6) is 0. The van der Waals surface area contributed by atoms with Crippen molar-refractivity contribution in [3.8, 4) is 0 Å². The highest BCUT2D eigenvalue weighted by atomic mass is 16.5. The number of carbonyl (C=O) groups is 1. The molecule has 4 heteroatoms. The van der Waals surface area contributed by atoms with Crippen molar-refractivity contribution >= 4 is 6.09 Å². The van der Waals surface area contributed by atoms with Gasteiger partial charge in [-0.2, -0.15) is 0 Å². The summed E-state index contributed by atoms with van der Waals surface area (Å²) in [6.07, 6.45) is -0.257. The van der Waals surface area contributed by atoms with E-state index in [9.17, 15) is 4.79 Å². The van der Waals surface area contributed by atoms with Gasteiger partial charge in [-0.15, -0.1) is 0 Å². The van der Waals surface area contributed by atoms with Crippen molar-refractivity contribution in [1.29, 1.82) is 0 Å². The van der Waals surface area contributed by atoms with Gasteiger partial charge in [-0.1, -0.05) is 24.3 Å². The van der Waals surface area contributed by atoms with E-state index in [-0.39, 0.29) is 6.10 Å². The zero-order valence-corrected chi connectivity index (χ0v) is 8.27. The van der Waals surface area contributed by atoms with Gasteiger partial charge in [0.1, 0.15) is 6.10 Å². The number of benzene rings is 1. The molecule has 1 aliphatic heterocycles. The fourth-order valence-electron chi connectivity index (χ4n) is 1.83. The molecule has 1 aliphatic rings. The predicted molar refractivity (Wildman–Crippen MR) is 54.9 cm³/mol. The third-order valence-electron chi connectivity index (χ3n) is 2.53. The number of fused-ring (bicyclic) bond motifs is 1. The Morgan fingerprint density at radius 1 is 1.53 bits per heavy atom. The number of nitrogens with one attached hydrogen (secondary N) is 1. The Morgan fingerprint density at radius 3 is 3.13 bits per heavy atom. The van der Waals surface area contributed by atoms with Crippen molar-refractivity contribution in [2.75, 3.05) is 13.2 Å². The van der Waals surface area contributed by atoms with Crippen LogP contribution in [0.3, 0.4) is 0 Å². The molecule has 0 fully saturated rings. The van der Waals surface area contributed by atoms with Crippen molar-refractivity contribution < 1.29 is 14.6 Å². The van der Waals surface area contributed by atoms with Gasteiger partial charge >= 0.3 is 6.09 Å². The second-order valence-electron chi connectivity index (χ2n) is 3.49. The van der Waals surface area contributed by atoms with Crippen LogP contribution in [0.5, 0.6) is 0 Å². The van der Waals surface area contributed by atoms with Crippen molar-refractivity contribution in [3.05, 3.63) is 35.4 Å². The van der Waals surface area contributed by atoms with Crippen LogP contribution < -0.4 is 5.32 Å². The first-order chi connectivity index (χ1) is 7.27. The Kier molecular flexibility index (Phi) is 2.87. The van der Waals surface area contributed by atoms with Gasteiger partial charge in [-0.3, -0.25) is 0 Å². The van der Waals surface area contributed by atoms with Crippen LogP contribution in [0, 0.1) is 0 Å². The van der Waals surface area contributed by atoms with E-state index in [1.807, 2.05) is 18.2 Å². The van der Waals surface area contributed by atoms with Crippen LogP contribution in [0.25, 0.3) is 0 Å². The topological polar surface area (TPSA) is 58.6 Å². The second-order valence-corrected chi connectivity index (χ2v) is 3.49. The molecule has 4 nitrogen and oxygen atoms in total. The average molecular weight is 207 g/mol. The largest absolute Gasteiger partial charge is 0.465 e. The zero-order valence-electron chi connectivity index (χ0n) is 8.27. The van der Waals surface area contributed by atoms with Gasteiger partial charge in [0.25, 0.3) is 0 Å². The molecule has 1 unspecified atom stereocenters. The normalized spacial score (nSPS) is 19.3. The summed E-state index contributed by atoms with van der Waals surface area (Å²) < 4.78 is 5.53. The third kappa shape index (κ3) is 2.27. The molecule has 1 aromatic carbocycles. The number of amides is 1. The monoisotopic (exact) mass is 207 g/mol. The standard InChI is InChI=1S/C11H13NO3/c13-11(14)12-7-10-9-4-2-1-3-8(9)5-6-15-10/h1-4,10,12H,5-7H2,(H,13,14). The van der Waals surface area contributed by atoms with E-state index in [1.54, 1.807) is 0 Å². The third-order valence-corrected chi connectivity index (χ3v) is 2.53. The first kappa shape index (κ1) is 9.98. The average Bonchev–Trinajstić information content (AvgIpc) is 2.26. The first-order valence-corrected chi connectivity index (χ1v) is 4.93. The highest BCUT2D eigenvalue weighted by Gasteiger charge is 2.20. The molecule has 0 saturated heterocycles. The van der Waals surface area contributed by atoms with Gasteiger partial charge in [0.15, 0.2) is 0 Å². The summed E-state index contributed by atoms with van der Waals surface area (Å²) in [5, 5.41) is 10.9. The molecule has 0 bridgehead atoms. The molecule has 80 valence electrons. The smallest absolute Gasteiger partial charge is 0.404 e. The molecule has 1 aromatic rings. The zero-order chi connectivity index (χ0) is 10.7. The minimum Gasteiger partial charge on any atom is -0.465 e. The van der Waals surface area contributed by atoms with Gasteiger partial charge in [-0.05, 0) is 17.5 Å². The number of carboxylic acid groups (broad SMARTS) is 1. The van der Waals surface area contributed by atoms with Crippen LogP contribution in [0.1, 0.15) is 17.2 Å². The molecule has 0 aliphatic carbocycles. The fourth-order valence-corrected chi connectivity index (χ4v) is 1.83. The molecule has 2 N–H and O–H groups in total. The van der Waals surface area contributed by atoms with Crippen LogP contribution in [0.4, 0.5) is 4.79 Å². The van der Waals surface area contributed by atoms with E-state index in [0.29, 0.717) is 13.2 Å². The minimum atomic E-state index is -1.01. The van der Waals surface area contributed by atoms with E-state index >= 15 is 0 Å². The molecule has 0 aromatic heterocycles. The molecule has 0 saturated carbocycles. The molecule has 1 heterocycles. The lowest BCUT2D eigenvalue weighted by Crippen LogP contribution is -2.30.